The number of benzene rings is 1. The molecule has 0 spiro atoms. The van der Waals surface area contributed by atoms with E-state index in [0.717, 1.165) is 30.8 Å². The average Bonchev–Trinajstić information content (AvgIpc) is 3.02. The van der Waals surface area contributed by atoms with Gasteiger partial charge in [0.15, 0.2) is 0 Å². The Morgan fingerprint density at radius 1 is 1.24 bits per heavy atom. The van der Waals surface area contributed by atoms with Crippen LogP contribution in [0.5, 0.6) is 5.75 Å². The summed E-state index contributed by atoms with van der Waals surface area (Å²) in [5.41, 5.74) is 12.4. The van der Waals surface area contributed by atoms with Gasteiger partial charge in [0.1, 0.15) is 5.75 Å². The smallest absolute Gasteiger partial charge is 0.127 e. The van der Waals surface area contributed by atoms with E-state index in [4.69, 9.17) is 10.5 Å². The molecule has 0 saturated heterocycles. The lowest BCUT2D eigenvalue weighted by atomic mass is 9.81. The number of pyridine rings is 1. The van der Waals surface area contributed by atoms with Crippen molar-refractivity contribution >= 4 is 0 Å². The third-order valence-electron chi connectivity index (χ3n) is 4.70. The van der Waals surface area contributed by atoms with Gasteiger partial charge in [-0.1, -0.05) is 18.2 Å². The SMILES string of the molecule is NCc1cc(C2CCCc3cccnc32)cc2c1OCC2. The van der Waals surface area contributed by atoms with Crippen LogP contribution in [0.25, 0.3) is 0 Å². The van der Waals surface area contributed by atoms with E-state index in [9.17, 15) is 0 Å². The van der Waals surface area contributed by atoms with Crippen LogP contribution in [0.1, 0.15) is 46.7 Å². The fourth-order valence-electron chi connectivity index (χ4n) is 3.70. The summed E-state index contributed by atoms with van der Waals surface area (Å²) in [6, 6.07) is 8.81. The molecule has 1 aliphatic heterocycles. The highest BCUT2D eigenvalue weighted by atomic mass is 16.5. The first-order chi connectivity index (χ1) is 10.4. The van der Waals surface area contributed by atoms with Crippen molar-refractivity contribution in [3.05, 3.63) is 58.4 Å². The van der Waals surface area contributed by atoms with Crippen molar-refractivity contribution in [2.24, 2.45) is 5.73 Å². The lowest BCUT2D eigenvalue weighted by molar-refractivity contribution is 0.353. The maximum Gasteiger partial charge on any atom is 0.127 e. The summed E-state index contributed by atoms with van der Waals surface area (Å²) in [6.07, 6.45) is 6.47. The molecular formula is C18H20N2O. The van der Waals surface area contributed by atoms with Gasteiger partial charge in [-0.2, -0.15) is 0 Å². The molecule has 0 amide bonds. The van der Waals surface area contributed by atoms with E-state index in [1.165, 1.54) is 35.2 Å². The quantitative estimate of drug-likeness (QED) is 0.920. The number of aryl methyl sites for hydroxylation is 1. The predicted octanol–water partition coefficient (Wildman–Crippen LogP) is 2.94. The zero-order valence-corrected chi connectivity index (χ0v) is 12.1. The Morgan fingerprint density at radius 2 is 2.19 bits per heavy atom. The molecule has 108 valence electrons. The molecule has 21 heavy (non-hydrogen) atoms. The van der Waals surface area contributed by atoms with Gasteiger partial charge in [0.05, 0.1) is 12.3 Å². The molecule has 4 rings (SSSR count). The van der Waals surface area contributed by atoms with Gasteiger partial charge in [-0.25, -0.2) is 0 Å². The largest absolute Gasteiger partial charge is 0.493 e. The lowest BCUT2D eigenvalue weighted by Gasteiger charge is -2.25. The number of rotatable bonds is 2. The molecule has 2 heterocycles. The molecule has 2 N–H and O–H groups in total. The molecule has 3 nitrogen and oxygen atoms in total. The van der Waals surface area contributed by atoms with Crippen LogP contribution in [-0.4, -0.2) is 11.6 Å². The topological polar surface area (TPSA) is 48.1 Å². The van der Waals surface area contributed by atoms with Gasteiger partial charge in [0.25, 0.3) is 0 Å². The van der Waals surface area contributed by atoms with Crippen LogP contribution in [0.3, 0.4) is 0 Å². The summed E-state index contributed by atoms with van der Waals surface area (Å²) in [5.74, 6) is 1.43. The zero-order chi connectivity index (χ0) is 14.2. The maximum absolute atomic E-state index is 5.92. The molecule has 2 aliphatic rings. The lowest BCUT2D eigenvalue weighted by Crippen LogP contribution is -2.13. The monoisotopic (exact) mass is 280 g/mol. The number of nitrogens with zero attached hydrogens (tertiary/aromatic N) is 1. The van der Waals surface area contributed by atoms with Crippen LogP contribution in [0.15, 0.2) is 30.5 Å². The standard InChI is InChI=1S/C18H20N2O/c19-11-15-10-14(9-13-6-8-21-18(13)15)16-5-1-3-12-4-2-7-20-17(12)16/h2,4,7,9-10,16H,1,3,5-6,8,11,19H2. The second-order valence-electron chi connectivity index (χ2n) is 5.96. The molecule has 2 aromatic rings. The Bertz CT molecular complexity index is 681. The van der Waals surface area contributed by atoms with Gasteiger partial charge in [0, 0.05) is 30.6 Å². The maximum atomic E-state index is 5.92. The Kier molecular flexibility index (Phi) is 3.15. The van der Waals surface area contributed by atoms with Gasteiger partial charge in [0.2, 0.25) is 0 Å². The molecule has 1 aromatic heterocycles. The molecule has 1 aromatic carbocycles. The van der Waals surface area contributed by atoms with Crippen molar-refractivity contribution in [3.8, 4) is 5.75 Å². The molecular weight excluding hydrogens is 260 g/mol. The minimum Gasteiger partial charge on any atom is -0.493 e. The third kappa shape index (κ3) is 2.12. The molecule has 0 radical (unpaired) electrons. The van der Waals surface area contributed by atoms with Crippen molar-refractivity contribution in [2.45, 2.75) is 38.1 Å². The first-order valence-electron chi connectivity index (χ1n) is 7.79. The van der Waals surface area contributed by atoms with Crippen molar-refractivity contribution in [2.75, 3.05) is 6.61 Å². The summed E-state index contributed by atoms with van der Waals surface area (Å²) in [7, 11) is 0. The molecule has 0 bridgehead atoms. The van der Waals surface area contributed by atoms with Crippen LogP contribution < -0.4 is 10.5 Å². The molecule has 1 atom stereocenters. The second-order valence-corrected chi connectivity index (χ2v) is 5.96. The average molecular weight is 280 g/mol. The van der Waals surface area contributed by atoms with E-state index in [2.05, 4.69) is 23.2 Å². The number of nitrogens with two attached hydrogens (primary N) is 1. The summed E-state index contributed by atoms with van der Waals surface area (Å²) < 4.78 is 5.74. The summed E-state index contributed by atoms with van der Waals surface area (Å²) in [5, 5.41) is 0. The Labute approximate surface area is 125 Å². The minimum atomic E-state index is 0.408. The summed E-state index contributed by atoms with van der Waals surface area (Å²) in [4.78, 5) is 4.66. The fourth-order valence-corrected chi connectivity index (χ4v) is 3.70. The number of hydrogen-bond acceptors (Lipinski definition) is 3. The van der Waals surface area contributed by atoms with Crippen molar-refractivity contribution in [1.29, 1.82) is 0 Å². The predicted molar refractivity (Wildman–Crippen MR) is 82.6 cm³/mol. The van der Waals surface area contributed by atoms with E-state index in [-0.39, 0.29) is 0 Å². The molecule has 1 aliphatic carbocycles. The Morgan fingerprint density at radius 3 is 3.10 bits per heavy atom. The van der Waals surface area contributed by atoms with Gasteiger partial charge in [-0.15, -0.1) is 0 Å². The van der Waals surface area contributed by atoms with Crippen LogP contribution in [-0.2, 0) is 19.4 Å². The number of fused-ring (bicyclic) bond motifs is 2. The number of ether oxygens (including phenoxy) is 1. The zero-order valence-electron chi connectivity index (χ0n) is 12.1. The normalized spacial score (nSPS) is 19.8. The van der Waals surface area contributed by atoms with E-state index in [1.807, 2.05) is 12.3 Å². The fraction of sp³-hybridized carbons (Fsp3) is 0.389. The number of aromatic nitrogens is 1. The number of hydrogen-bond donors (Lipinski definition) is 1. The van der Waals surface area contributed by atoms with Crippen LogP contribution in [0.4, 0.5) is 0 Å². The molecule has 1 unspecified atom stereocenters. The first-order valence-corrected chi connectivity index (χ1v) is 7.79. The van der Waals surface area contributed by atoms with Gasteiger partial charge >= 0.3 is 0 Å². The van der Waals surface area contributed by atoms with E-state index in [1.54, 1.807) is 0 Å². The summed E-state index contributed by atoms with van der Waals surface area (Å²) in [6.45, 7) is 1.32. The van der Waals surface area contributed by atoms with Crippen molar-refractivity contribution in [3.63, 3.8) is 0 Å². The Balaban J connectivity index is 1.81. The second kappa shape index (κ2) is 5.15. The highest BCUT2D eigenvalue weighted by Gasteiger charge is 2.26. The first kappa shape index (κ1) is 12.8. The van der Waals surface area contributed by atoms with Gasteiger partial charge in [-0.3, -0.25) is 4.98 Å². The van der Waals surface area contributed by atoms with E-state index < -0.39 is 0 Å². The van der Waals surface area contributed by atoms with Crippen LogP contribution in [0, 0.1) is 0 Å². The highest BCUT2D eigenvalue weighted by molar-refractivity contribution is 5.49. The van der Waals surface area contributed by atoms with Crippen LogP contribution in [0.2, 0.25) is 0 Å². The third-order valence-corrected chi connectivity index (χ3v) is 4.70. The molecule has 0 saturated carbocycles. The molecule has 3 heteroatoms. The Hall–Kier alpha value is -1.87. The van der Waals surface area contributed by atoms with Gasteiger partial charge in [-0.05, 0) is 42.0 Å². The van der Waals surface area contributed by atoms with Crippen molar-refractivity contribution in [1.82, 2.24) is 4.98 Å². The van der Waals surface area contributed by atoms with Crippen LogP contribution >= 0.6 is 0 Å². The summed E-state index contributed by atoms with van der Waals surface area (Å²) >= 11 is 0. The van der Waals surface area contributed by atoms with E-state index >= 15 is 0 Å². The van der Waals surface area contributed by atoms with Gasteiger partial charge < -0.3 is 10.5 Å². The minimum absolute atomic E-state index is 0.408. The highest BCUT2D eigenvalue weighted by Crippen LogP contribution is 2.39. The van der Waals surface area contributed by atoms with Crippen molar-refractivity contribution < 1.29 is 4.74 Å². The van der Waals surface area contributed by atoms with E-state index in [0.29, 0.717) is 12.5 Å². The molecule has 0 fully saturated rings.